The van der Waals surface area contributed by atoms with Gasteiger partial charge in [-0.05, 0) is 71.6 Å². The molecule has 22 nitrogen and oxygen atoms in total. The molecule has 4 bridgehead atoms. The van der Waals surface area contributed by atoms with E-state index in [9.17, 15) is 43.5 Å². The van der Waals surface area contributed by atoms with Crippen molar-refractivity contribution < 1.29 is 76.7 Å². The summed E-state index contributed by atoms with van der Waals surface area (Å²) in [6.45, 7) is 14.3. The fraction of sp³-hybridized carbons (Fsp3) is 0.654. The van der Waals surface area contributed by atoms with Crippen LogP contribution in [-0.2, 0) is 63.7 Å². The first-order valence-electron chi connectivity index (χ1n) is 25.1. The fourth-order valence-corrected chi connectivity index (χ4v) is 10.1. The predicted molar refractivity (Wildman–Crippen MR) is 280 cm³/mol. The van der Waals surface area contributed by atoms with Gasteiger partial charge in [-0.1, -0.05) is 56.2 Å². The number of alkyl carbamates (subject to hydrolysis) is 1. The van der Waals surface area contributed by atoms with Crippen molar-refractivity contribution >= 4 is 76.7 Å². The average molecular weight is 1110 g/mol. The lowest BCUT2D eigenvalue weighted by Gasteiger charge is -2.42. The second-order valence-corrected chi connectivity index (χ2v) is 23.3. The van der Waals surface area contributed by atoms with Crippen LogP contribution in [0.25, 0.3) is 0 Å². The van der Waals surface area contributed by atoms with Gasteiger partial charge in [-0.15, -0.1) is 16.8 Å². The van der Waals surface area contributed by atoms with E-state index in [0.717, 1.165) is 16.0 Å². The number of allylic oxidation sites excluding steroid dienone is 3. The molecule has 4 aliphatic heterocycles. The summed E-state index contributed by atoms with van der Waals surface area (Å²) in [7, 11) is 7.31. The third-order valence-corrected chi connectivity index (χ3v) is 16.0. The minimum Gasteiger partial charge on any atom is -0.495 e. The number of carbonyl (C=O) groups excluding carboxylic acids is 8. The summed E-state index contributed by atoms with van der Waals surface area (Å²) < 4.78 is 34.8. The quantitative estimate of drug-likeness (QED) is 0.0739. The van der Waals surface area contributed by atoms with Crippen LogP contribution in [0, 0.1) is 5.92 Å². The minimum atomic E-state index is -1.88. The Kier molecular flexibility index (Phi) is 20.5. The third kappa shape index (κ3) is 15.6. The Bertz CT molecular complexity index is 2420. The molecule has 1 aromatic rings. The lowest BCUT2D eigenvalue weighted by atomic mass is 9.83. The monoisotopic (exact) mass is 1110 g/mol. The van der Waals surface area contributed by atoms with Gasteiger partial charge in [-0.3, -0.25) is 34.2 Å². The van der Waals surface area contributed by atoms with Crippen molar-refractivity contribution in [3.8, 4) is 5.75 Å². The highest BCUT2D eigenvalue weighted by Crippen LogP contribution is 2.49. The summed E-state index contributed by atoms with van der Waals surface area (Å²) in [5.41, 5.74) is -1.95. The number of likely N-dealkylation sites (N-methyl/N-ethyl adjacent to an activating group) is 1. The number of halogens is 1. The molecule has 0 aliphatic carbocycles. The first kappa shape index (κ1) is 61.4. The average Bonchev–Trinajstić information content (AvgIpc) is 3.96. The van der Waals surface area contributed by atoms with Gasteiger partial charge >= 0.3 is 18.2 Å². The molecule has 8 atom stereocenters. The van der Waals surface area contributed by atoms with Crippen molar-refractivity contribution in [2.45, 2.75) is 159 Å². The normalized spacial score (nSPS) is 26.7. The van der Waals surface area contributed by atoms with E-state index in [1.807, 2.05) is 26.8 Å². The Morgan fingerprint density at radius 2 is 1.72 bits per heavy atom. The van der Waals surface area contributed by atoms with Crippen LogP contribution in [0.4, 0.5) is 15.3 Å². The molecule has 0 radical (unpaired) electrons. The Labute approximate surface area is 453 Å². The molecule has 1 aromatic carbocycles. The molecule has 3 fully saturated rings. The number of imide groups is 1. The van der Waals surface area contributed by atoms with E-state index in [0.29, 0.717) is 35.8 Å². The number of amides is 7. The van der Waals surface area contributed by atoms with Gasteiger partial charge < -0.3 is 53.5 Å². The van der Waals surface area contributed by atoms with Gasteiger partial charge in [0.2, 0.25) is 17.7 Å². The van der Waals surface area contributed by atoms with Crippen molar-refractivity contribution in [3.63, 3.8) is 0 Å². The van der Waals surface area contributed by atoms with Crippen molar-refractivity contribution in [3.05, 3.63) is 46.5 Å². The minimum absolute atomic E-state index is 0.0265. The Morgan fingerprint density at radius 3 is 2.37 bits per heavy atom. The number of ether oxygens (including phenoxy) is 6. The molecule has 0 saturated carbocycles. The maximum atomic E-state index is 14.4. The topological polar surface area (TPSA) is 262 Å². The van der Waals surface area contributed by atoms with Crippen LogP contribution in [0.15, 0.2) is 35.9 Å². The maximum Gasteiger partial charge on any atom is 0.436 e. The first-order chi connectivity index (χ1) is 35.4. The molecule has 4 heterocycles. The number of epoxide rings is 1. The zero-order valence-electron chi connectivity index (χ0n) is 45.8. The van der Waals surface area contributed by atoms with Crippen LogP contribution < -0.4 is 20.3 Å². The summed E-state index contributed by atoms with van der Waals surface area (Å²) in [5.74, 6) is -3.25. The summed E-state index contributed by atoms with van der Waals surface area (Å²) in [4.78, 5) is 113. The Hall–Kier alpha value is -5.46. The SMILES string of the molecule is COc1cc2cc(c1Cl)N(C)C(=O)C[C@H](OC(=O)[C@H](C)N(C)C(=O)CCC(C)(C)SCC(=O)NCCC(C)(C)OCN(C)C(=O)ON1C(=O)CCC1=O)[C@]1(C)O[C@H]1[C@H](C)[C@@H]1C[C@@](O)(NC(=O)O1)[C@H](OC)/C=C/C=C(\C)C2. The molecule has 3 N–H and O–H groups in total. The Balaban J connectivity index is 1.20. The highest BCUT2D eigenvalue weighted by Gasteiger charge is 2.64. The molecule has 422 valence electrons. The lowest BCUT2D eigenvalue weighted by molar-refractivity contribution is -0.175. The van der Waals surface area contributed by atoms with E-state index < -0.39 is 93.9 Å². The molecule has 76 heavy (non-hydrogen) atoms. The van der Waals surface area contributed by atoms with Gasteiger partial charge in [0, 0.05) is 71.1 Å². The number of methoxy groups -OCH3 is 2. The van der Waals surface area contributed by atoms with E-state index in [1.165, 1.54) is 56.8 Å². The molecule has 0 unspecified atom stereocenters. The first-order valence-corrected chi connectivity index (χ1v) is 26.5. The predicted octanol–water partition coefficient (Wildman–Crippen LogP) is 5.20. The number of rotatable bonds is 18. The molecule has 0 aromatic heterocycles. The second kappa shape index (κ2) is 25.3. The molecular weight excluding hydrogens is 1030 g/mol. The summed E-state index contributed by atoms with van der Waals surface area (Å²) in [6.07, 6.45) is 0.190. The van der Waals surface area contributed by atoms with E-state index >= 15 is 0 Å². The van der Waals surface area contributed by atoms with Crippen molar-refractivity contribution in [2.24, 2.45) is 5.92 Å². The van der Waals surface area contributed by atoms with Crippen LogP contribution >= 0.6 is 23.4 Å². The molecule has 7 amide bonds. The van der Waals surface area contributed by atoms with Gasteiger partial charge in [-0.2, -0.15) is 0 Å². The molecular formula is C52H75ClN6O16S. The summed E-state index contributed by atoms with van der Waals surface area (Å²) in [6, 6.07) is 2.43. The van der Waals surface area contributed by atoms with Crippen LogP contribution in [0.5, 0.6) is 5.75 Å². The number of esters is 1. The number of hydrogen-bond acceptors (Lipinski definition) is 17. The highest BCUT2D eigenvalue weighted by atomic mass is 35.5. The van der Waals surface area contributed by atoms with E-state index in [4.69, 9.17) is 44.9 Å². The van der Waals surface area contributed by atoms with Crippen LogP contribution in [-0.4, -0.2) is 174 Å². The van der Waals surface area contributed by atoms with E-state index in [2.05, 4.69) is 10.6 Å². The maximum absolute atomic E-state index is 14.4. The zero-order chi connectivity index (χ0) is 56.7. The van der Waals surface area contributed by atoms with Crippen molar-refractivity contribution in [2.75, 3.05) is 59.3 Å². The Morgan fingerprint density at radius 1 is 1.05 bits per heavy atom. The lowest BCUT2D eigenvalue weighted by Crippen LogP contribution is -2.63. The van der Waals surface area contributed by atoms with Crippen LogP contribution in [0.1, 0.15) is 106 Å². The molecule has 4 aliphatic rings. The van der Waals surface area contributed by atoms with Crippen molar-refractivity contribution in [1.29, 1.82) is 0 Å². The number of benzene rings is 1. The number of anilines is 1. The van der Waals surface area contributed by atoms with Gasteiger partial charge in [0.1, 0.15) is 47.5 Å². The number of aliphatic hydroxyl groups is 1. The number of nitrogens with zero attached hydrogens (tertiary/aromatic N) is 4. The number of nitrogens with one attached hydrogen (secondary N) is 2. The van der Waals surface area contributed by atoms with Crippen LogP contribution in [0.3, 0.4) is 0 Å². The zero-order valence-corrected chi connectivity index (χ0v) is 47.3. The third-order valence-electron chi connectivity index (χ3n) is 14.2. The second-order valence-electron chi connectivity index (χ2n) is 21.2. The number of hydrogen-bond donors (Lipinski definition) is 3. The fourth-order valence-electron chi connectivity index (χ4n) is 8.89. The highest BCUT2D eigenvalue weighted by molar-refractivity contribution is 8.01. The van der Waals surface area contributed by atoms with Crippen molar-refractivity contribution in [1.82, 2.24) is 25.5 Å². The van der Waals surface area contributed by atoms with Gasteiger partial charge in [0.25, 0.3) is 11.8 Å². The molecule has 0 spiro atoms. The number of carbonyl (C=O) groups is 8. The summed E-state index contributed by atoms with van der Waals surface area (Å²) in [5, 5.41) is 17.9. The van der Waals surface area contributed by atoms with Crippen LogP contribution in [0.2, 0.25) is 5.02 Å². The number of fused-ring (bicyclic) bond motifs is 5. The van der Waals surface area contributed by atoms with Gasteiger partial charge in [0.05, 0.1) is 36.7 Å². The summed E-state index contributed by atoms with van der Waals surface area (Å²) >= 11 is 8.18. The number of thioether (sulfide) groups is 1. The standard InChI is InChI=1S/C52H75ClN6O16S/c1-30-15-14-16-37(70-13)52(68)27-36(72-47(66)55-52)31(2)45-51(8,74-45)38(26-43(64)58(11)34-24-33(23-30)25-35(69-12)44(34)53)73-46(65)32(3)57(10)40(61)19-20-50(6,7)76-28-39(60)54-22-21-49(4,5)71-29-56(9)48(67)75-59-41(62)17-18-42(59)63/h14-16,24-25,31-32,36-38,45,68H,17-23,26-29H2,1-13H3,(H,54,60)(H,55,66)/b16-14+,30-15+/t31-,32+,36+,37-,38+,45+,51+,52+/m1/s1. The van der Waals surface area contributed by atoms with Gasteiger partial charge in [0.15, 0.2) is 5.72 Å². The number of hydroxylamine groups is 2. The molecule has 3 saturated heterocycles. The van der Waals surface area contributed by atoms with E-state index in [-0.39, 0.29) is 68.0 Å². The van der Waals surface area contributed by atoms with E-state index in [1.54, 1.807) is 59.0 Å². The largest absolute Gasteiger partial charge is 0.495 e. The smallest absolute Gasteiger partial charge is 0.436 e. The molecule has 24 heteroatoms. The van der Waals surface area contributed by atoms with Gasteiger partial charge in [-0.25, -0.2) is 14.4 Å². The molecule has 5 rings (SSSR count).